The van der Waals surface area contributed by atoms with Gasteiger partial charge in [-0.05, 0) is 36.2 Å². The Balaban J connectivity index is 1.55. The van der Waals surface area contributed by atoms with E-state index in [1.165, 1.54) is 18.4 Å². The summed E-state index contributed by atoms with van der Waals surface area (Å²) in [5.74, 6) is 2.37. The Kier molecular flexibility index (Phi) is 2.99. The fourth-order valence-electron chi connectivity index (χ4n) is 3.66. The highest BCUT2D eigenvalue weighted by Gasteiger charge is 2.49. The molecule has 0 amide bonds. The smallest absolute Gasteiger partial charge is 0.193 e. The quantitative estimate of drug-likeness (QED) is 0.590. The third kappa shape index (κ3) is 2.23. The molecule has 1 saturated carbocycles. The van der Waals surface area contributed by atoms with Crippen molar-refractivity contribution in [2.24, 2.45) is 11.8 Å². The average molecular weight is 274 g/mol. The van der Waals surface area contributed by atoms with E-state index in [0.717, 1.165) is 23.0 Å². The summed E-state index contributed by atoms with van der Waals surface area (Å²) in [7, 11) is 0. The zero-order valence-corrected chi connectivity index (χ0v) is 11.9. The van der Waals surface area contributed by atoms with Crippen molar-refractivity contribution in [1.82, 2.24) is 0 Å². The Morgan fingerprint density at radius 2 is 1.62 bits per heavy atom. The molecule has 0 aromatic heterocycles. The maximum Gasteiger partial charge on any atom is 0.193 e. The van der Waals surface area contributed by atoms with Crippen LogP contribution in [0, 0.1) is 11.8 Å². The number of hydrogen-bond donors (Lipinski definition) is 0. The molecule has 0 heterocycles. The first-order valence-corrected chi connectivity index (χ1v) is 7.71. The monoisotopic (exact) mass is 274 g/mol. The van der Waals surface area contributed by atoms with Gasteiger partial charge in [0.1, 0.15) is 0 Å². The molecule has 104 valence electrons. The first kappa shape index (κ1) is 12.6. The Morgan fingerprint density at radius 1 is 0.905 bits per heavy atom. The van der Waals surface area contributed by atoms with Gasteiger partial charge in [0, 0.05) is 11.1 Å². The van der Waals surface area contributed by atoms with Gasteiger partial charge in [-0.2, -0.15) is 0 Å². The van der Waals surface area contributed by atoms with Crippen molar-refractivity contribution in [1.29, 1.82) is 0 Å². The van der Waals surface area contributed by atoms with Gasteiger partial charge in [-0.3, -0.25) is 4.79 Å². The number of allylic oxidation sites excluding steroid dienone is 2. The van der Waals surface area contributed by atoms with Crippen molar-refractivity contribution in [2.75, 3.05) is 0 Å². The molecule has 2 aliphatic rings. The fraction of sp³-hybridized carbons (Fsp3) is 0.250. The summed E-state index contributed by atoms with van der Waals surface area (Å²) in [6, 6.07) is 17.7. The molecule has 2 aromatic carbocycles. The van der Waals surface area contributed by atoms with Crippen LogP contribution in [0.1, 0.15) is 40.2 Å². The summed E-state index contributed by atoms with van der Waals surface area (Å²) in [5, 5.41) is 0. The van der Waals surface area contributed by atoms with Crippen molar-refractivity contribution in [3.05, 3.63) is 83.4 Å². The molecule has 1 heteroatoms. The Bertz CT molecular complexity index is 682. The van der Waals surface area contributed by atoms with Gasteiger partial charge in [0.2, 0.25) is 0 Å². The van der Waals surface area contributed by atoms with Crippen LogP contribution in [0.15, 0.2) is 66.7 Å². The van der Waals surface area contributed by atoms with Gasteiger partial charge < -0.3 is 0 Å². The molecule has 0 radical (unpaired) electrons. The summed E-state index contributed by atoms with van der Waals surface area (Å²) in [6.07, 6.45) is 7.23. The summed E-state index contributed by atoms with van der Waals surface area (Å²) in [4.78, 5) is 12.4. The number of ketones is 1. The van der Waals surface area contributed by atoms with Crippen LogP contribution in [0.2, 0.25) is 0 Å². The van der Waals surface area contributed by atoms with E-state index in [0.29, 0.717) is 5.92 Å². The Morgan fingerprint density at radius 3 is 2.29 bits per heavy atom. The molecule has 2 aromatic rings. The predicted octanol–water partition coefficient (Wildman–Crippen LogP) is 4.60. The number of benzene rings is 2. The highest BCUT2D eigenvalue weighted by atomic mass is 16.1. The van der Waals surface area contributed by atoms with Crippen LogP contribution >= 0.6 is 0 Å². The summed E-state index contributed by atoms with van der Waals surface area (Å²) in [5.41, 5.74) is 2.93. The van der Waals surface area contributed by atoms with Gasteiger partial charge in [0.15, 0.2) is 5.78 Å². The van der Waals surface area contributed by atoms with Gasteiger partial charge in [-0.25, -0.2) is 0 Å². The van der Waals surface area contributed by atoms with Gasteiger partial charge in [-0.1, -0.05) is 66.7 Å². The van der Waals surface area contributed by atoms with E-state index in [1.54, 1.807) is 0 Å². The van der Waals surface area contributed by atoms with E-state index >= 15 is 0 Å². The summed E-state index contributed by atoms with van der Waals surface area (Å²) >= 11 is 0. The highest BCUT2D eigenvalue weighted by molar-refractivity contribution is 6.08. The normalized spacial score (nSPS) is 26.2. The van der Waals surface area contributed by atoms with E-state index < -0.39 is 0 Å². The first-order chi connectivity index (χ1) is 10.3. The maximum atomic E-state index is 12.4. The van der Waals surface area contributed by atoms with Crippen LogP contribution in [-0.4, -0.2) is 5.78 Å². The molecule has 1 fully saturated rings. The van der Waals surface area contributed by atoms with E-state index in [2.05, 4.69) is 24.3 Å². The Labute approximate surface area is 125 Å². The lowest BCUT2D eigenvalue weighted by Crippen LogP contribution is -2.00. The van der Waals surface area contributed by atoms with E-state index in [9.17, 15) is 4.79 Å². The summed E-state index contributed by atoms with van der Waals surface area (Å²) in [6.45, 7) is 0. The summed E-state index contributed by atoms with van der Waals surface area (Å²) < 4.78 is 0. The molecule has 0 N–H and O–H groups in total. The van der Waals surface area contributed by atoms with Crippen LogP contribution in [0.5, 0.6) is 0 Å². The fourth-order valence-corrected chi connectivity index (χ4v) is 3.66. The zero-order valence-electron chi connectivity index (χ0n) is 11.9. The molecule has 3 atom stereocenters. The van der Waals surface area contributed by atoms with Crippen LogP contribution in [0.4, 0.5) is 0 Å². The number of carbonyl (C=O) groups is 1. The number of fused-ring (bicyclic) bond motifs is 1. The standard InChI is InChI=1S/C20H18O/c21-20(15-6-2-1-3-7-15)16-12-10-14(11-13-16)19-17-8-4-5-9-18(17)19/h1-4,6-8,10-13,17-19H,5,9H2/t17-,18+,19-/m0/s1. The molecule has 0 unspecified atom stereocenters. The van der Waals surface area contributed by atoms with E-state index in [4.69, 9.17) is 0 Å². The van der Waals surface area contributed by atoms with Crippen molar-refractivity contribution in [3.63, 3.8) is 0 Å². The molecular weight excluding hydrogens is 256 g/mol. The second-order valence-electron chi connectivity index (χ2n) is 6.09. The number of hydrogen-bond acceptors (Lipinski definition) is 1. The minimum Gasteiger partial charge on any atom is -0.289 e. The lowest BCUT2D eigenvalue weighted by Gasteiger charge is -2.04. The van der Waals surface area contributed by atoms with E-state index in [-0.39, 0.29) is 5.78 Å². The number of rotatable bonds is 3. The average Bonchev–Trinajstić information content (AvgIpc) is 3.29. The minimum absolute atomic E-state index is 0.107. The minimum atomic E-state index is 0.107. The van der Waals surface area contributed by atoms with Gasteiger partial charge in [0.25, 0.3) is 0 Å². The van der Waals surface area contributed by atoms with Crippen molar-refractivity contribution < 1.29 is 4.79 Å². The van der Waals surface area contributed by atoms with Crippen LogP contribution in [-0.2, 0) is 0 Å². The third-order valence-electron chi connectivity index (χ3n) is 4.85. The highest BCUT2D eigenvalue weighted by Crippen LogP contribution is 2.58. The third-order valence-corrected chi connectivity index (χ3v) is 4.85. The van der Waals surface area contributed by atoms with Crippen molar-refractivity contribution >= 4 is 5.78 Å². The lowest BCUT2D eigenvalue weighted by atomic mass is 10.00. The zero-order chi connectivity index (χ0) is 14.2. The first-order valence-electron chi connectivity index (χ1n) is 7.71. The van der Waals surface area contributed by atoms with Crippen LogP contribution in [0.3, 0.4) is 0 Å². The molecule has 2 aliphatic carbocycles. The molecule has 0 saturated heterocycles. The van der Waals surface area contributed by atoms with Gasteiger partial charge in [0.05, 0.1) is 0 Å². The topological polar surface area (TPSA) is 17.1 Å². The molecule has 4 rings (SSSR count). The van der Waals surface area contributed by atoms with E-state index in [1.807, 2.05) is 42.5 Å². The van der Waals surface area contributed by atoms with Crippen LogP contribution < -0.4 is 0 Å². The number of carbonyl (C=O) groups excluding carboxylic acids is 1. The second kappa shape index (κ2) is 5.00. The molecule has 0 aliphatic heterocycles. The van der Waals surface area contributed by atoms with Crippen molar-refractivity contribution in [3.8, 4) is 0 Å². The van der Waals surface area contributed by atoms with Gasteiger partial charge >= 0.3 is 0 Å². The lowest BCUT2D eigenvalue weighted by molar-refractivity contribution is 0.103. The maximum absolute atomic E-state index is 12.4. The molecule has 0 spiro atoms. The second-order valence-corrected chi connectivity index (χ2v) is 6.09. The molecular formula is C20H18O. The van der Waals surface area contributed by atoms with Crippen molar-refractivity contribution in [2.45, 2.75) is 18.8 Å². The largest absolute Gasteiger partial charge is 0.289 e. The Hall–Kier alpha value is -2.15. The predicted molar refractivity (Wildman–Crippen MR) is 84.4 cm³/mol. The van der Waals surface area contributed by atoms with Gasteiger partial charge in [-0.15, -0.1) is 0 Å². The SMILES string of the molecule is O=C(c1ccccc1)c1ccc([C@H]2[C@H]3C=CCC[C@H]32)cc1. The van der Waals surface area contributed by atoms with Crippen LogP contribution in [0.25, 0.3) is 0 Å². The molecule has 0 bridgehead atoms. The molecule has 21 heavy (non-hydrogen) atoms. The molecule has 1 nitrogen and oxygen atoms in total.